The van der Waals surface area contributed by atoms with Crippen molar-refractivity contribution < 1.29 is 14.4 Å². The van der Waals surface area contributed by atoms with E-state index in [0.717, 1.165) is 43.2 Å². The Morgan fingerprint density at radius 3 is 2.76 bits per heavy atom. The number of rotatable bonds is 8. The van der Waals surface area contributed by atoms with Gasteiger partial charge in [-0.2, -0.15) is 9.61 Å². The Kier molecular flexibility index (Phi) is 6.35. The van der Waals surface area contributed by atoms with Gasteiger partial charge in [-0.25, -0.2) is 9.78 Å². The van der Waals surface area contributed by atoms with Crippen LogP contribution in [0.4, 0.5) is 10.6 Å². The lowest BCUT2D eigenvalue weighted by molar-refractivity contribution is -0.115. The number of aromatic nitrogens is 3. The molecule has 1 saturated carbocycles. The van der Waals surface area contributed by atoms with E-state index in [0.29, 0.717) is 34.4 Å². The highest BCUT2D eigenvalue weighted by atomic mass is 32.1. The van der Waals surface area contributed by atoms with Gasteiger partial charge in [-0.15, -0.1) is 11.3 Å². The zero-order chi connectivity index (χ0) is 25.4. The minimum absolute atomic E-state index is 0.0802. The second-order valence-electron chi connectivity index (χ2n) is 9.57. The first-order valence-electron chi connectivity index (χ1n) is 12.6. The Balaban J connectivity index is 1.25. The number of fused-ring (bicyclic) bond motifs is 1. The predicted octanol–water partition coefficient (Wildman–Crippen LogP) is 2.43. The van der Waals surface area contributed by atoms with Crippen LogP contribution in [0.2, 0.25) is 0 Å². The van der Waals surface area contributed by atoms with Gasteiger partial charge in [0.2, 0.25) is 0 Å². The van der Waals surface area contributed by atoms with Gasteiger partial charge < -0.3 is 20.9 Å². The first kappa shape index (κ1) is 23.6. The highest BCUT2D eigenvalue weighted by molar-refractivity contribution is 7.17. The third-order valence-electron chi connectivity index (χ3n) is 6.69. The van der Waals surface area contributed by atoms with Crippen molar-refractivity contribution in [3.63, 3.8) is 0 Å². The molecule has 1 aliphatic carbocycles. The lowest BCUT2D eigenvalue weighted by Gasteiger charge is -2.26. The fourth-order valence-electron chi connectivity index (χ4n) is 4.58. The van der Waals surface area contributed by atoms with Gasteiger partial charge in [-0.1, -0.05) is 6.42 Å². The largest absolute Gasteiger partial charge is 0.367 e. The summed E-state index contributed by atoms with van der Waals surface area (Å²) in [6.07, 6.45) is 9.11. The summed E-state index contributed by atoms with van der Waals surface area (Å²) in [6, 6.07) is 5.49. The Morgan fingerprint density at radius 1 is 1.16 bits per heavy atom. The van der Waals surface area contributed by atoms with Gasteiger partial charge in [0, 0.05) is 30.8 Å². The Hall–Kier alpha value is -3.77. The summed E-state index contributed by atoms with van der Waals surface area (Å²) in [5.74, 6) is 0.211. The van der Waals surface area contributed by atoms with Crippen LogP contribution in [0.3, 0.4) is 0 Å². The molecule has 3 fully saturated rings. The van der Waals surface area contributed by atoms with E-state index in [9.17, 15) is 14.4 Å². The highest BCUT2D eigenvalue weighted by Gasteiger charge is 2.26. The molecule has 4 N–H and O–H groups in total. The van der Waals surface area contributed by atoms with E-state index in [2.05, 4.69) is 31.3 Å². The zero-order valence-corrected chi connectivity index (χ0v) is 21.1. The summed E-state index contributed by atoms with van der Waals surface area (Å²) < 4.78 is 1.70. The van der Waals surface area contributed by atoms with Crippen LogP contribution in [0.5, 0.6) is 0 Å². The van der Waals surface area contributed by atoms with Crippen LogP contribution in [-0.4, -0.2) is 69.6 Å². The van der Waals surface area contributed by atoms with Gasteiger partial charge in [-0.3, -0.25) is 14.9 Å². The predicted molar refractivity (Wildman–Crippen MR) is 140 cm³/mol. The molecule has 0 atom stereocenters. The van der Waals surface area contributed by atoms with Crippen LogP contribution >= 0.6 is 11.3 Å². The molecule has 0 radical (unpaired) electrons. The Morgan fingerprint density at radius 2 is 2.00 bits per heavy atom. The number of thiophene rings is 1. The number of imide groups is 1. The number of carbonyl (C=O) groups is 3. The lowest BCUT2D eigenvalue weighted by atomic mass is 10.1. The number of hydrogen-bond donors (Lipinski definition) is 4. The Bertz CT molecular complexity index is 1400. The van der Waals surface area contributed by atoms with Crippen molar-refractivity contribution in [3.8, 4) is 10.6 Å². The maximum atomic E-state index is 12.8. The van der Waals surface area contributed by atoms with E-state index in [-0.39, 0.29) is 11.6 Å². The number of carbonyl (C=O) groups excluding carboxylic acids is 3. The Labute approximate surface area is 217 Å². The van der Waals surface area contributed by atoms with Crippen LogP contribution in [0.1, 0.15) is 47.3 Å². The number of likely N-dealkylation sites (tertiary alicyclic amines) is 1. The summed E-state index contributed by atoms with van der Waals surface area (Å²) in [7, 11) is 0. The smallest absolute Gasteiger partial charge is 0.326 e. The molecule has 3 aromatic rings. The summed E-state index contributed by atoms with van der Waals surface area (Å²) in [6.45, 7) is 3.71. The van der Waals surface area contributed by atoms with E-state index in [1.807, 2.05) is 18.2 Å². The van der Waals surface area contributed by atoms with Crippen molar-refractivity contribution in [1.29, 1.82) is 0 Å². The molecular formula is C25H28N8O3S. The quantitative estimate of drug-likeness (QED) is 0.265. The van der Waals surface area contributed by atoms with Gasteiger partial charge in [0.1, 0.15) is 11.5 Å². The van der Waals surface area contributed by atoms with E-state index in [1.165, 1.54) is 30.6 Å². The highest BCUT2D eigenvalue weighted by Crippen LogP contribution is 2.32. The van der Waals surface area contributed by atoms with Crippen molar-refractivity contribution in [2.45, 2.75) is 38.1 Å². The first-order valence-corrected chi connectivity index (χ1v) is 13.5. The second-order valence-corrected chi connectivity index (χ2v) is 10.7. The molecule has 192 valence electrons. The molecule has 0 spiro atoms. The van der Waals surface area contributed by atoms with Crippen molar-refractivity contribution >= 4 is 46.7 Å². The van der Waals surface area contributed by atoms with Crippen LogP contribution in [0.25, 0.3) is 22.3 Å². The first-order chi connectivity index (χ1) is 18.0. The summed E-state index contributed by atoms with van der Waals surface area (Å²) in [4.78, 5) is 45.0. The third kappa shape index (κ3) is 5.20. The van der Waals surface area contributed by atoms with E-state index < -0.39 is 11.9 Å². The van der Waals surface area contributed by atoms with E-state index in [4.69, 9.17) is 4.98 Å². The minimum atomic E-state index is -0.558. The molecule has 5 heterocycles. The molecule has 0 unspecified atom stereocenters. The number of nitrogens with zero attached hydrogens (tertiary/aromatic N) is 4. The second kappa shape index (κ2) is 9.94. The number of hydrogen-bond acceptors (Lipinski definition) is 8. The third-order valence-corrected chi connectivity index (χ3v) is 7.80. The van der Waals surface area contributed by atoms with Gasteiger partial charge >= 0.3 is 6.03 Å². The number of urea groups is 1. The maximum absolute atomic E-state index is 12.8. The normalized spacial score (nSPS) is 19.3. The standard InChI is InChI=1S/C25H28N8O3S/c34-23-18(30-25(36)31-23)12-15-14-27-33-21(28-16-4-5-16)13-17(29-22(15)33)19-6-7-20(37-19)24(35)26-8-11-32-9-2-1-3-10-32/h6-7,12-14,16,28H,1-5,8-11H2,(H,26,35)(H2,30,31,34,36)/b18-12-. The fraction of sp³-hybridized carbons (Fsp3) is 0.400. The van der Waals surface area contributed by atoms with Gasteiger partial charge in [-0.05, 0) is 57.0 Å². The number of piperidine rings is 1. The topological polar surface area (TPSA) is 133 Å². The zero-order valence-electron chi connectivity index (χ0n) is 20.2. The molecule has 0 bridgehead atoms. The van der Waals surface area contributed by atoms with Crippen molar-refractivity contribution in [1.82, 2.24) is 35.4 Å². The van der Waals surface area contributed by atoms with Gasteiger partial charge in [0.15, 0.2) is 5.65 Å². The summed E-state index contributed by atoms with van der Waals surface area (Å²) in [5.41, 5.74) is 1.99. The SMILES string of the molecule is O=C1NC(=O)/C(=C/c2cnn3c(NC4CC4)cc(-c4ccc(C(=O)NCCN5CCCCC5)s4)nc23)N1. The molecule has 37 heavy (non-hydrogen) atoms. The minimum Gasteiger partial charge on any atom is -0.367 e. The van der Waals surface area contributed by atoms with Crippen LogP contribution in [0.15, 0.2) is 30.1 Å². The summed E-state index contributed by atoms with van der Waals surface area (Å²) >= 11 is 1.39. The van der Waals surface area contributed by atoms with Crippen molar-refractivity contribution in [2.75, 3.05) is 31.5 Å². The van der Waals surface area contributed by atoms with E-state index in [1.54, 1.807) is 16.8 Å². The van der Waals surface area contributed by atoms with Crippen LogP contribution < -0.4 is 21.3 Å². The van der Waals surface area contributed by atoms with Crippen LogP contribution in [0, 0.1) is 0 Å². The number of anilines is 1. The van der Waals surface area contributed by atoms with Crippen molar-refractivity contribution in [2.24, 2.45) is 0 Å². The molecule has 4 amide bonds. The molecule has 11 nitrogen and oxygen atoms in total. The number of amides is 4. The molecule has 12 heteroatoms. The molecule has 2 saturated heterocycles. The van der Waals surface area contributed by atoms with Gasteiger partial charge in [0.25, 0.3) is 11.8 Å². The molecule has 3 aromatic heterocycles. The van der Waals surface area contributed by atoms with E-state index >= 15 is 0 Å². The monoisotopic (exact) mass is 520 g/mol. The van der Waals surface area contributed by atoms with Gasteiger partial charge in [0.05, 0.1) is 21.6 Å². The fourth-order valence-corrected chi connectivity index (χ4v) is 5.46. The molecule has 2 aliphatic heterocycles. The lowest BCUT2D eigenvalue weighted by Crippen LogP contribution is -2.37. The van der Waals surface area contributed by atoms with Crippen LogP contribution in [-0.2, 0) is 4.79 Å². The van der Waals surface area contributed by atoms with Crippen molar-refractivity contribution in [3.05, 3.63) is 40.5 Å². The molecule has 0 aromatic carbocycles. The number of nitrogens with one attached hydrogen (secondary N) is 4. The maximum Gasteiger partial charge on any atom is 0.326 e. The summed E-state index contributed by atoms with van der Waals surface area (Å²) in [5, 5.41) is 15.7. The molecular weight excluding hydrogens is 492 g/mol. The average molecular weight is 521 g/mol. The molecule has 6 rings (SSSR count). The average Bonchev–Trinajstić information content (AvgIpc) is 3.26. The molecule has 3 aliphatic rings.